The van der Waals surface area contributed by atoms with E-state index in [1.807, 2.05) is 76.1 Å². The van der Waals surface area contributed by atoms with Gasteiger partial charge in [0.05, 0.1) is 12.4 Å². The number of phenols is 2. The van der Waals surface area contributed by atoms with Crippen molar-refractivity contribution in [2.45, 2.75) is 115 Å². The molecule has 12 heteroatoms. The number of benzene rings is 2. The highest BCUT2D eigenvalue weighted by molar-refractivity contribution is 6.30. The predicted octanol–water partition coefficient (Wildman–Crippen LogP) is 8.75. The first-order valence-corrected chi connectivity index (χ1v) is 22.5. The number of carbonyl (C=O) groups is 2. The summed E-state index contributed by atoms with van der Waals surface area (Å²) < 4.78 is 13.3. The second kappa shape index (κ2) is 19.8. The highest BCUT2D eigenvalue weighted by Crippen LogP contribution is 2.65. The monoisotopic (exact) mass is 855 g/mol. The Labute approximate surface area is 369 Å². The van der Waals surface area contributed by atoms with E-state index in [1.54, 1.807) is 36.7 Å². The molecule has 4 saturated carbocycles. The number of carbonyl (C=O) groups excluding carboxylic acids is 2. The van der Waals surface area contributed by atoms with Gasteiger partial charge >= 0.3 is 11.9 Å². The molecule has 0 saturated heterocycles. The number of aromatic hydroxyl groups is 2. The Morgan fingerprint density at radius 3 is 1.44 bits per heavy atom. The lowest BCUT2D eigenvalue weighted by atomic mass is 9.58. The highest BCUT2D eigenvalue weighted by atomic mass is 16.6. The Balaban J connectivity index is 1.27. The van der Waals surface area contributed by atoms with Gasteiger partial charge in [-0.1, -0.05) is 60.6 Å². The van der Waals surface area contributed by atoms with E-state index in [9.17, 15) is 19.8 Å². The molecule has 0 spiro atoms. The first-order valence-electron chi connectivity index (χ1n) is 22.5. The van der Waals surface area contributed by atoms with E-state index in [2.05, 4.69) is 36.3 Å². The van der Waals surface area contributed by atoms with Crippen LogP contribution in [0.5, 0.6) is 11.5 Å². The maximum absolute atomic E-state index is 14.5. The summed E-state index contributed by atoms with van der Waals surface area (Å²) in [7, 11) is 7.95. The van der Waals surface area contributed by atoms with E-state index in [4.69, 9.17) is 19.1 Å². The van der Waals surface area contributed by atoms with Gasteiger partial charge in [0, 0.05) is 23.9 Å². The fraction of sp³-hybridized carbons (Fsp3) is 0.600. The molecule has 8 atom stereocenters. The highest BCUT2D eigenvalue weighted by Gasteiger charge is 2.64. The van der Waals surface area contributed by atoms with Crippen LogP contribution in [0, 0.1) is 22.7 Å². The number of rotatable bonds is 16. The zero-order valence-corrected chi connectivity index (χ0v) is 38.3. The van der Waals surface area contributed by atoms with Crippen LogP contribution in [0.15, 0.2) is 82.1 Å². The molecule has 0 radical (unpaired) electrons. The molecule has 0 unspecified atom stereocenters. The van der Waals surface area contributed by atoms with Crippen LogP contribution in [-0.4, -0.2) is 110 Å². The molecular formula is C50H70N4O8. The van der Waals surface area contributed by atoms with E-state index >= 15 is 0 Å². The molecule has 0 bridgehead atoms. The lowest BCUT2D eigenvalue weighted by Crippen LogP contribution is -2.55. The van der Waals surface area contributed by atoms with Crippen molar-refractivity contribution in [3.05, 3.63) is 83.0 Å². The van der Waals surface area contributed by atoms with Crippen LogP contribution in [0.1, 0.15) is 115 Å². The maximum Gasteiger partial charge on any atom is 0.418 e. The van der Waals surface area contributed by atoms with Gasteiger partial charge in [0.1, 0.15) is 35.9 Å². The zero-order chi connectivity index (χ0) is 44.7. The van der Waals surface area contributed by atoms with Gasteiger partial charge in [-0.25, -0.2) is 9.59 Å². The minimum Gasteiger partial charge on any atom is -0.508 e. The van der Waals surface area contributed by atoms with Crippen molar-refractivity contribution in [3.8, 4) is 11.5 Å². The van der Waals surface area contributed by atoms with E-state index < -0.39 is 34.0 Å². The van der Waals surface area contributed by atoms with Gasteiger partial charge in [-0.3, -0.25) is 0 Å². The van der Waals surface area contributed by atoms with E-state index in [-0.39, 0.29) is 35.2 Å². The van der Waals surface area contributed by atoms with Crippen molar-refractivity contribution in [1.29, 1.82) is 0 Å². The average molecular weight is 855 g/mol. The third kappa shape index (κ3) is 10.4. The van der Waals surface area contributed by atoms with Gasteiger partial charge in [-0.15, -0.1) is 0 Å². The summed E-state index contributed by atoms with van der Waals surface area (Å²) in [4.78, 5) is 44.1. The fourth-order valence-electron chi connectivity index (χ4n) is 11.1. The molecule has 4 aliphatic rings. The van der Waals surface area contributed by atoms with Crippen LogP contribution < -0.4 is 0 Å². The molecule has 0 heterocycles. The van der Waals surface area contributed by atoms with Crippen LogP contribution in [0.25, 0.3) is 0 Å². The van der Waals surface area contributed by atoms with Crippen molar-refractivity contribution in [1.82, 2.24) is 9.80 Å². The molecule has 0 amide bonds. The van der Waals surface area contributed by atoms with Crippen molar-refractivity contribution < 1.29 is 39.0 Å². The summed E-state index contributed by atoms with van der Waals surface area (Å²) in [6.07, 6.45) is 14.8. The SMILES string of the molecule is CC(=C[C@H]1CC[C@]2(OC(=O)C(=O)O[C@]34CC[C@H](C=C(C)/C=N/OCCN(C)C)[C@@]3(C)CC[C@H](c3cccc(O)c3)C4)C[C@@H](c3cccc(O)c3)CC[C@]12C)/C=N/OCCN(C)C. The minimum atomic E-state index is -0.960. The second-order valence-corrected chi connectivity index (χ2v) is 19.5. The number of hydrogen-bond donors (Lipinski definition) is 2. The van der Waals surface area contributed by atoms with Crippen LogP contribution >= 0.6 is 0 Å². The minimum absolute atomic E-state index is 0.0188. The summed E-state index contributed by atoms with van der Waals surface area (Å²) in [5, 5.41) is 29.3. The Morgan fingerprint density at radius 1 is 0.661 bits per heavy atom. The number of oxime groups is 2. The molecule has 2 aromatic rings. The van der Waals surface area contributed by atoms with Gasteiger partial charge in [0.2, 0.25) is 0 Å². The maximum atomic E-state index is 14.5. The Morgan fingerprint density at radius 2 is 1.06 bits per heavy atom. The lowest BCUT2D eigenvalue weighted by molar-refractivity contribution is -0.207. The average Bonchev–Trinajstić information content (AvgIpc) is 3.65. The van der Waals surface area contributed by atoms with Crippen LogP contribution in [0.2, 0.25) is 0 Å². The lowest BCUT2D eigenvalue weighted by Gasteiger charge is -2.52. The van der Waals surface area contributed by atoms with Crippen LogP contribution in [-0.2, 0) is 28.7 Å². The fourth-order valence-corrected chi connectivity index (χ4v) is 11.1. The Hall–Kier alpha value is -4.68. The quantitative estimate of drug-likeness (QED) is 0.0554. The second-order valence-electron chi connectivity index (χ2n) is 19.5. The number of nitrogens with zero attached hydrogens (tertiary/aromatic N) is 4. The number of ether oxygens (including phenoxy) is 2. The van der Waals surface area contributed by atoms with Crippen molar-refractivity contribution >= 4 is 24.4 Å². The smallest absolute Gasteiger partial charge is 0.418 e. The number of fused-ring (bicyclic) bond motifs is 2. The molecular weight excluding hydrogens is 785 g/mol. The van der Waals surface area contributed by atoms with E-state index in [0.29, 0.717) is 38.9 Å². The number of hydrogen-bond acceptors (Lipinski definition) is 12. The third-order valence-corrected chi connectivity index (χ3v) is 14.9. The first kappa shape index (κ1) is 46.8. The van der Waals surface area contributed by atoms with Gasteiger partial charge in [0.25, 0.3) is 0 Å². The van der Waals surface area contributed by atoms with E-state index in [1.165, 1.54) is 0 Å². The van der Waals surface area contributed by atoms with Gasteiger partial charge < -0.3 is 39.2 Å². The van der Waals surface area contributed by atoms with Crippen molar-refractivity contribution in [3.63, 3.8) is 0 Å². The molecule has 0 aliphatic heterocycles. The number of phenolic OH excluding ortho intramolecular Hbond substituents is 2. The van der Waals surface area contributed by atoms with Gasteiger partial charge in [0.15, 0.2) is 0 Å². The summed E-state index contributed by atoms with van der Waals surface area (Å²) in [6, 6.07) is 14.6. The largest absolute Gasteiger partial charge is 0.508 e. The van der Waals surface area contributed by atoms with E-state index in [0.717, 1.165) is 73.9 Å². The first-order chi connectivity index (χ1) is 29.5. The molecule has 338 valence electrons. The molecule has 0 aromatic heterocycles. The summed E-state index contributed by atoms with van der Waals surface area (Å²) >= 11 is 0. The molecule has 2 aromatic carbocycles. The third-order valence-electron chi connectivity index (χ3n) is 14.9. The topological polar surface area (TPSA) is 143 Å². The Bertz CT molecular complexity index is 1870. The van der Waals surface area contributed by atoms with Crippen LogP contribution in [0.3, 0.4) is 0 Å². The molecule has 4 aliphatic carbocycles. The summed E-state index contributed by atoms with van der Waals surface area (Å²) in [6.45, 7) is 10.9. The van der Waals surface area contributed by atoms with Gasteiger partial charge in [-0.05, 0) is 176 Å². The molecule has 12 nitrogen and oxygen atoms in total. The standard InChI is InChI=1S/C50H70N4O8/c1-35(33-51-59-25-23-53(5)6)27-41-17-21-49(31-39(15-19-47(41,49)3)37-11-9-13-43(55)29-37)61-45(57)46(58)62-50-22-18-42(28-36(2)34-52-60-26-24-54(7)8)48(50,4)20-16-40(32-50)38-12-10-14-44(56)30-38/h9-14,27-30,33-34,39-42,55-56H,15-26,31-32H2,1-8H3/b35-27?,36-28?,51-33+,52-34+/t39-,40-,41+,42+,47+,48+,49-,50-/m0/s1. The Kier molecular flexibility index (Phi) is 14.9. The van der Waals surface area contributed by atoms with Crippen LogP contribution in [0.4, 0.5) is 0 Å². The predicted molar refractivity (Wildman–Crippen MR) is 242 cm³/mol. The van der Waals surface area contributed by atoms with Gasteiger partial charge in [-0.2, -0.15) is 0 Å². The normalized spacial score (nSPS) is 31.4. The number of allylic oxidation sites excluding steroid dienone is 4. The molecule has 4 fully saturated rings. The molecule has 2 N–H and O–H groups in total. The molecule has 6 rings (SSSR count). The number of likely N-dealkylation sites (N-methyl/N-ethyl adjacent to an activating group) is 2. The summed E-state index contributed by atoms with van der Waals surface area (Å²) in [5.74, 6) is -1.38. The molecule has 62 heavy (non-hydrogen) atoms. The summed E-state index contributed by atoms with van der Waals surface area (Å²) in [5.41, 5.74) is 1.02. The van der Waals surface area contributed by atoms with Crippen molar-refractivity contribution in [2.75, 3.05) is 54.5 Å². The number of esters is 2. The van der Waals surface area contributed by atoms with Crippen molar-refractivity contribution in [2.24, 2.45) is 33.0 Å². The zero-order valence-electron chi connectivity index (χ0n) is 38.3.